The third kappa shape index (κ3) is 5.29. The zero-order chi connectivity index (χ0) is 16.7. The van der Waals surface area contributed by atoms with Gasteiger partial charge in [0.15, 0.2) is 0 Å². The Labute approximate surface area is 135 Å². The Morgan fingerprint density at radius 3 is 2.39 bits per heavy atom. The first kappa shape index (κ1) is 16.8. The molecule has 2 rings (SSSR count). The molecule has 0 radical (unpaired) electrons. The molecule has 0 saturated carbocycles. The van der Waals surface area contributed by atoms with Crippen LogP contribution in [0.15, 0.2) is 48.5 Å². The van der Waals surface area contributed by atoms with Gasteiger partial charge >= 0.3 is 0 Å². The van der Waals surface area contributed by atoms with Crippen molar-refractivity contribution in [2.45, 2.75) is 19.9 Å². The molecule has 1 atom stereocenters. The number of nitrogens with one attached hydrogen (secondary N) is 2. The van der Waals surface area contributed by atoms with Crippen molar-refractivity contribution in [2.75, 3.05) is 18.5 Å². The molecule has 2 aromatic rings. The van der Waals surface area contributed by atoms with Crippen LogP contribution in [0.25, 0.3) is 0 Å². The SMILES string of the molecule is CCOc1ccc(NCC(=O)NC(C)c2ccc(F)cc2)cc1. The lowest BCUT2D eigenvalue weighted by atomic mass is 10.1. The summed E-state index contributed by atoms with van der Waals surface area (Å²) in [4.78, 5) is 12.0. The van der Waals surface area contributed by atoms with E-state index in [0.717, 1.165) is 17.0 Å². The van der Waals surface area contributed by atoms with Crippen LogP contribution in [0.4, 0.5) is 10.1 Å². The molecule has 2 N–H and O–H groups in total. The quantitative estimate of drug-likeness (QED) is 0.822. The van der Waals surface area contributed by atoms with Crippen molar-refractivity contribution in [1.29, 1.82) is 0 Å². The van der Waals surface area contributed by atoms with Gasteiger partial charge in [0.25, 0.3) is 0 Å². The van der Waals surface area contributed by atoms with Crippen LogP contribution in [0.1, 0.15) is 25.5 Å². The molecule has 0 bridgehead atoms. The summed E-state index contributed by atoms with van der Waals surface area (Å²) in [5, 5.41) is 5.92. The number of hydrogen-bond donors (Lipinski definition) is 2. The van der Waals surface area contributed by atoms with E-state index in [1.807, 2.05) is 38.1 Å². The van der Waals surface area contributed by atoms with Gasteiger partial charge in [-0.05, 0) is 55.8 Å². The Kier molecular flexibility index (Phi) is 5.97. The summed E-state index contributed by atoms with van der Waals surface area (Å²) in [6.45, 7) is 4.58. The number of halogens is 1. The molecule has 2 aromatic carbocycles. The fourth-order valence-corrected chi connectivity index (χ4v) is 2.15. The predicted molar refractivity (Wildman–Crippen MR) is 89.1 cm³/mol. The van der Waals surface area contributed by atoms with Gasteiger partial charge in [0.1, 0.15) is 11.6 Å². The second kappa shape index (κ2) is 8.17. The molecule has 1 amide bonds. The maximum absolute atomic E-state index is 12.9. The second-order valence-electron chi connectivity index (χ2n) is 5.15. The van der Waals surface area contributed by atoms with E-state index in [4.69, 9.17) is 4.74 Å². The maximum atomic E-state index is 12.9. The van der Waals surface area contributed by atoms with Crippen molar-refractivity contribution in [3.8, 4) is 5.75 Å². The molecule has 0 fully saturated rings. The maximum Gasteiger partial charge on any atom is 0.239 e. The highest BCUT2D eigenvalue weighted by atomic mass is 19.1. The van der Waals surface area contributed by atoms with Crippen molar-refractivity contribution in [3.63, 3.8) is 0 Å². The van der Waals surface area contributed by atoms with Crippen LogP contribution in [-0.4, -0.2) is 19.1 Å². The van der Waals surface area contributed by atoms with Crippen LogP contribution in [0.5, 0.6) is 5.75 Å². The summed E-state index contributed by atoms with van der Waals surface area (Å²) in [6.07, 6.45) is 0. The molecule has 0 aliphatic rings. The standard InChI is InChI=1S/C18H21FN2O2/c1-3-23-17-10-8-16(9-11-17)20-12-18(22)21-13(2)14-4-6-15(19)7-5-14/h4-11,13,20H,3,12H2,1-2H3,(H,21,22). The Balaban J connectivity index is 1.81. The first-order chi connectivity index (χ1) is 11.1. The molecular formula is C18H21FN2O2. The van der Waals surface area contributed by atoms with Crippen molar-refractivity contribution >= 4 is 11.6 Å². The van der Waals surface area contributed by atoms with Crippen LogP contribution in [0, 0.1) is 5.82 Å². The molecule has 0 saturated heterocycles. The van der Waals surface area contributed by atoms with Gasteiger partial charge < -0.3 is 15.4 Å². The molecule has 4 nitrogen and oxygen atoms in total. The van der Waals surface area contributed by atoms with Gasteiger partial charge in [0, 0.05) is 5.69 Å². The molecule has 0 heterocycles. The second-order valence-corrected chi connectivity index (χ2v) is 5.15. The number of carbonyl (C=O) groups is 1. The number of hydrogen-bond acceptors (Lipinski definition) is 3. The first-order valence-corrected chi connectivity index (χ1v) is 7.60. The molecule has 0 spiro atoms. The lowest BCUT2D eigenvalue weighted by molar-refractivity contribution is -0.120. The smallest absolute Gasteiger partial charge is 0.239 e. The number of amides is 1. The van der Waals surface area contributed by atoms with E-state index in [2.05, 4.69) is 10.6 Å². The molecule has 0 aliphatic heterocycles. The van der Waals surface area contributed by atoms with Gasteiger partial charge in [-0.1, -0.05) is 12.1 Å². The Hall–Kier alpha value is -2.56. The molecular weight excluding hydrogens is 295 g/mol. The third-order valence-corrected chi connectivity index (χ3v) is 3.37. The summed E-state index contributed by atoms with van der Waals surface area (Å²) in [5.74, 6) is 0.382. The fraction of sp³-hybridized carbons (Fsp3) is 0.278. The van der Waals surface area contributed by atoms with Gasteiger partial charge in [-0.3, -0.25) is 4.79 Å². The van der Waals surface area contributed by atoms with Crippen molar-refractivity contribution in [3.05, 3.63) is 59.9 Å². The molecule has 23 heavy (non-hydrogen) atoms. The van der Waals surface area contributed by atoms with E-state index in [0.29, 0.717) is 6.61 Å². The fourth-order valence-electron chi connectivity index (χ4n) is 2.15. The van der Waals surface area contributed by atoms with E-state index < -0.39 is 0 Å². The lowest BCUT2D eigenvalue weighted by Gasteiger charge is -2.15. The van der Waals surface area contributed by atoms with Gasteiger partial charge in [0.2, 0.25) is 5.91 Å². The van der Waals surface area contributed by atoms with E-state index in [1.165, 1.54) is 12.1 Å². The Morgan fingerprint density at radius 2 is 1.78 bits per heavy atom. The van der Waals surface area contributed by atoms with E-state index >= 15 is 0 Å². The van der Waals surface area contributed by atoms with Crippen molar-refractivity contribution in [2.24, 2.45) is 0 Å². The summed E-state index contributed by atoms with van der Waals surface area (Å²) in [6, 6.07) is 13.4. The lowest BCUT2D eigenvalue weighted by Crippen LogP contribution is -2.32. The number of ether oxygens (including phenoxy) is 1. The average Bonchev–Trinajstić information content (AvgIpc) is 2.55. The van der Waals surface area contributed by atoms with Gasteiger partial charge in [-0.25, -0.2) is 4.39 Å². The highest BCUT2D eigenvalue weighted by Crippen LogP contribution is 2.16. The van der Waals surface area contributed by atoms with E-state index in [-0.39, 0.29) is 24.3 Å². The van der Waals surface area contributed by atoms with Crippen LogP contribution in [-0.2, 0) is 4.79 Å². The Morgan fingerprint density at radius 1 is 1.13 bits per heavy atom. The number of carbonyl (C=O) groups excluding carboxylic acids is 1. The van der Waals surface area contributed by atoms with Crippen molar-refractivity contribution < 1.29 is 13.9 Å². The third-order valence-electron chi connectivity index (χ3n) is 3.37. The average molecular weight is 316 g/mol. The van der Waals surface area contributed by atoms with Crippen molar-refractivity contribution in [1.82, 2.24) is 5.32 Å². The van der Waals surface area contributed by atoms with Crippen LogP contribution in [0.3, 0.4) is 0 Å². The summed E-state index contributed by atoms with van der Waals surface area (Å²) < 4.78 is 18.3. The van der Waals surface area contributed by atoms with Crippen LogP contribution < -0.4 is 15.4 Å². The normalized spacial score (nSPS) is 11.6. The first-order valence-electron chi connectivity index (χ1n) is 7.60. The molecule has 122 valence electrons. The number of anilines is 1. The van der Waals surface area contributed by atoms with Crippen LogP contribution in [0.2, 0.25) is 0 Å². The molecule has 0 aromatic heterocycles. The topological polar surface area (TPSA) is 50.4 Å². The number of rotatable bonds is 7. The Bertz CT molecular complexity index is 626. The molecule has 1 unspecified atom stereocenters. The van der Waals surface area contributed by atoms with Gasteiger partial charge in [0.05, 0.1) is 19.2 Å². The summed E-state index contributed by atoms with van der Waals surface area (Å²) in [5.41, 5.74) is 1.71. The minimum atomic E-state index is -0.288. The monoisotopic (exact) mass is 316 g/mol. The van der Waals surface area contributed by atoms with E-state index in [9.17, 15) is 9.18 Å². The molecule has 0 aliphatic carbocycles. The van der Waals surface area contributed by atoms with Gasteiger partial charge in [-0.15, -0.1) is 0 Å². The largest absolute Gasteiger partial charge is 0.494 e. The highest BCUT2D eigenvalue weighted by Gasteiger charge is 2.09. The predicted octanol–water partition coefficient (Wildman–Crippen LogP) is 3.51. The van der Waals surface area contributed by atoms with Crippen LogP contribution >= 0.6 is 0 Å². The zero-order valence-corrected chi connectivity index (χ0v) is 13.3. The zero-order valence-electron chi connectivity index (χ0n) is 13.3. The van der Waals surface area contributed by atoms with Gasteiger partial charge in [-0.2, -0.15) is 0 Å². The van der Waals surface area contributed by atoms with E-state index in [1.54, 1.807) is 12.1 Å². The summed E-state index contributed by atoms with van der Waals surface area (Å²) >= 11 is 0. The number of benzene rings is 2. The minimum absolute atomic E-state index is 0.129. The highest BCUT2D eigenvalue weighted by molar-refractivity contribution is 5.81. The minimum Gasteiger partial charge on any atom is -0.494 e. The molecule has 5 heteroatoms. The summed E-state index contributed by atoms with van der Waals surface area (Å²) in [7, 11) is 0.